The topological polar surface area (TPSA) is 38.1 Å². The zero-order chi connectivity index (χ0) is 17.7. The number of para-hydroxylation sites is 2. The highest BCUT2D eigenvalue weighted by Gasteiger charge is 2.57. The molecule has 4 rings (SSSR count). The van der Waals surface area contributed by atoms with Gasteiger partial charge in [-0.15, -0.1) is 11.3 Å². The van der Waals surface area contributed by atoms with Gasteiger partial charge in [0, 0.05) is 5.56 Å². The molecular weight excluding hydrogens is 340 g/mol. The van der Waals surface area contributed by atoms with Gasteiger partial charge in [-0.2, -0.15) is 8.78 Å². The van der Waals surface area contributed by atoms with Crippen LogP contribution in [0.5, 0.6) is 0 Å². The predicted molar refractivity (Wildman–Crippen MR) is 96.7 cm³/mol. The molecule has 0 fully saturated rings. The molecule has 3 heterocycles. The molecule has 0 spiro atoms. The van der Waals surface area contributed by atoms with E-state index in [2.05, 4.69) is 15.0 Å². The van der Waals surface area contributed by atoms with E-state index in [4.69, 9.17) is 0 Å². The maximum atomic E-state index is 15.2. The van der Waals surface area contributed by atoms with Crippen LogP contribution in [0.25, 0.3) is 11.0 Å². The number of rotatable bonds is 3. The molecule has 3 nitrogen and oxygen atoms in total. The summed E-state index contributed by atoms with van der Waals surface area (Å²) in [6.45, 7) is 3.53. The summed E-state index contributed by atoms with van der Waals surface area (Å²) in [5.74, 6) is -2.99. The van der Waals surface area contributed by atoms with E-state index in [1.54, 1.807) is 25.4 Å². The third-order valence-electron chi connectivity index (χ3n) is 4.99. The first-order valence-corrected chi connectivity index (χ1v) is 9.18. The van der Waals surface area contributed by atoms with Crippen molar-refractivity contribution < 1.29 is 8.78 Å². The Morgan fingerprint density at radius 3 is 2.48 bits per heavy atom. The van der Waals surface area contributed by atoms with Gasteiger partial charge < -0.3 is 0 Å². The van der Waals surface area contributed by atoms with Crippen molar-refractivity contribution >= 4 is 28.1 Å². The van der Waals surface area contributed by atoms with Crippen molar-refractivity contribution in [1.29, 1.82) is 0 Å². The summed E-state index contributed by atoms with van der Waals surface area (Å²) in [6.07, 6.45) is 2.15. The lowest BCUT2D eigenvalue weighted by molar-refractivity contribution is -0.0856. The Bertz CT molecular complexity index is 973. The zero-order valence-electron chi connectivity index (χ0n) is 14.0. The van der Waals surface area contributed by atoms with E-state index in [1.807, 2.05) is 24.3 Å². The molecule has 1 aliphatic heterocycles. The first-order valence-electron chi connectivity index (χ1n) is 8.30. The molecule has 0 radical (unpaired) electrons. The lowest BCUT2D eigenvalue weighted by Gasteiger charge is -2.39. The number of benzene rings is 1. The average Bonchev–Trinajstić information content (AvgIpc) is 3.13. The lowest BCUT2D eigenvalue weighted by atomic mass is 9.79. The van der Waals surface area contributed by atoms with E-state index in [0.717, 1.165) is 11.0 Å². The molecule has 0 saturated carbocycles. The molecule has 0 N–H and O–H groups in total. The summed E-state index contributed by atoms with van der Waals surface area (Å²) in [5, 5.41) is 1.70. The molecule has 0 amide bonds. The number of halogens is 2. The summed E-state index contributed by atoms with van der Waals surface area (Å²) in [7, 11) is 0. The summed E-state index contributed by atoms with van der Waals surface area (Å²) in [5.41, 5.74) is 1.19. The Morgan fingerprint density at radius 1 is 1.04 bits per heavy atom. The highest BCUT2D eigenvalue weighted by Crippen LogP contribution is 2.51. The molecule has 128 valence electrons. The van der Waals surface area contributed by atoms with Gasteiger partial charge in [-0.05, 0) is 36.4 Å². The standard InChI is InChI=1S/C19H17F2N3S/c1-3-18(4-2)19(20,21)12-9-10-25-17(12)16(24-18)15-11-22-13-7-5-6-8-14(13)23-15/h5-11H,3-4H2,1-2H3. The maximum Gasteiger partial charge on any atom is 0.299 e. The van der Waals surface area contributed by atoms with Crippen molar-refractivity contribution in [1.82, 2.24) is 9.97 Å². The summed E-state index contributed by atoms with van der Waals surface area (Å²) < 4.78 is 30.3. The number of nitrogens with zero attached hydrogens (tertiary/aromatic N) is 3. The molecule has 6 heteroatoms. The largest absolute Gasteiger partial charge is 0.299 e. The second-order valence-corrected chi connectivity index (χ2v) is 7.10. The number of hydrogen-bond acceptors (Lipinski definition) is 4. The summed E-state index contributed by atoms with van der Waals surface area (Å²) in [6, 6.07) is 9.04. The minimum Gasteiger partial charge on any atom is -0.268 e. The van der Waals surface area contributed by atoms with Crippen molar-refractivity contribution in [2.45, 2.75) is 38.2 Å². The molecule has 25 heavy (non-hydrogen) atoms. The van der Waals surface area contributed by atoms with Crippen LogP contribution in [0, 0.1) is 0 Å². The van der Waals surface area contributed by atoms with Crippen LogP contribution < -0.4 is 0 Å². The number of thiophene rings is 1. The molecule has 0 unspecified atom stereocenters. The van der Waals surface area contributed by atoms with Gasteiger partial charge in [-0.3, -0.25) is 9.98 Å². The van der Waals surface area contributed by atoms with Crippen LogP contribution in [0.3, 0.4) is 0 Å². The Hall–Kier alpha value is -2.21. The van der Waals surface area contributed by atoms with Gasteiger partial charge in [0.25, 0.3) is 5.92 Å². The van der Waals surface area contributed by atoms with E-state index >= 15 is 8.78 Å². The first kappa shape index (κ1) is 16.3. The number of fused-ring (bicyclic) bond motifs is 2. The normalized spacial score (nSPS) is 18.0. The van der Waals surface area contributed by atoms with Crippen LogP contribution >= 0.6 is 11.3 Å². The minimum absolute atomic E-state index is 0.0566. The molecule has 0 bridgehead atoms. The Kier molecular flexibility index (Phi) is 3.68. The molecule has 0 saturated heterocycles. The third kappa shape index (κ3) is 2.24. The van der Waals surface area contributed by atoms with Crippen molar-refractivity contribution in [2.75, 3.05) is 0 Å². The Morgan fingerprint density at radius 2 is 1.76 bits per heavy atom. The van der Waals surface area contributed by atoms with Gasteiger partial charge in [0.05, 0.1) is 22.1 Å². The summed E-state index contributed by atoms with van der Waals surface area (Å²) in [4.78, 5) is 14.1. The summed E-state index contributed by atoms with van der Waals surface area (Å²) >= 11 is 1.28. The van der Waals surface area contributed by atoms with E-state index in [0.29, 0.717) is 16.3 Å². The van der Waals surface area contributed by atoms with Gasteiger partial charge in [0.15, 0.2) is 0 Å². The fourth-order valence-corrected chi connectivity index (χ4v) is 4.35. The lowest BCUT2D eigenvalue weighted by Crippen LogP contribution is -2.47. The zero-order valence-corrected chi connectivity index (χ0v) is 14.8. The van der Waals surface area contributed by atoms with E-state index in [9.17, 15) is 0 Å². The number of aromatic nitrogens is 2. The quantitative estimate of drug-likeness (QED) is 0.647. The van der Waals surface area contributed by atoms with Crippen LogP contribution in [0.15, 0.2) is 46.9 Å². The van der Waals surface area contributed by atoms with Crippen molar-refractivity contribution in [3.63, 3.8) is 0 Å². The Balaban J connectivity index is 1.97. The molecule has 3 aromatic rings. The first-order chi connectivity index (χ1) is 12.0. The molecular formula is C19H17F2N3S. The van der Waals surface area contributed by atoms with E-state index in [1.165, 1.54) is 17.4 Å². The van der Waals surface area contributed by atoms with Gasteiger partial charge >= 0.3 is 0 Å². The van der Waals surface area contributed by atoms with Gasteiger partial charge in [0.2, 0.25) is 0 Å². The van der Waals surface area contributed by atoms with Crippen LogP contribution in [0.1, 0.15) is 42.8 Å². The Labute approximate surface area is 148 Å². The van der Waals surface area contributed by atoms with Crippen molar-refractivity contribution in [3.05, 3.63) is 58.0 Å². The number of hydrogen-bond donors (Lipinski definition) is 0. The van der Waals surface area contributed by atoms with Crippen molar-refractivity contribution in [3.8, 4) is 0 Å². The molecule has 1 aliphatic rings. The maximum absolute atomic E-state index is 15.2. The third-order valence-corrected chi connectivity index (χ3v) is 5.91. The molecule has 2 aromatic heterocycles. The second kappa shape index (κ2) is 5.66. The van der Waals surface area contributed by atoms with Gasteiger partial charge in [-0.1, -0.05) is 26.0 Å². The highest BCUT2D eigenvalue weighted by atomic mass is 32.1. The fourth-order valence-electron chi connectivity index (χ4n) is 3.42. The highest BCUT2D eigenvalue weighted by molar-refractivity contribution is 7.12. The molecule has 0 aliphatic carbocycles. The van der Waals surface area contributed by atoms with Gasteiger partial charge in [-0.25, -0.2) is 4.98 Å². The van der Waals surface area contributed by atoms with Gasteiger partial charge in [0.1, 0.15) is 16.9 Å². The number of alkyl halides is 2. The van der Waals surface area contributed by atoms with E-state index in [-0.39, 0.29) is 18.4 Å². The van der Waals surface area contributed by atoms with Crippen molar-refractivity contribution in [2.24, 2.45) is 4.99 Å². The smallest absolute Gasteiger partial charge is 0.268 e. The van der Waals surface area contributed by atoms with Crippen LogP contribution in [-0.4, -0.2) is 21.2 Å². The fraction of sp³-hybridized carbons (Fsp3) is 0.316. The molecule has 1 aromatic carbocycles. The van der Waals surface area contributed by atoms with Crippen LogP contribution in [-0.2, 0) is 5.92 Å². The SMILES string of the molecule is CCC1(CC)N=C(c2cnc3ccccc3n2)c2sccc2C1(F)F. The predicted octanol–water partition coefficient (Wildman–Crippen LogP) is 5.19. The monoisotopic (exact) mass is 357 g/mol. The van der Waals surface area contributed by atoms with Crippen LogP contribution in [0.2, 0.25) is 0 Å². The average molecular weight is 357 g/mol. The minimum atomic E-state index is -2.99. The van der Waals surface area contributed by atoms with E-state index < -0.39 is 11.5 Å². The second-order valence-electron chi connectivity index (χ2n) is 6.18. The van der Waals surface area contributed by atoms with Crippen LogP contribution in [0.4, 0.5) is 8.78 Å². The molecule has 0 atom stereocenters. The number of aliphatic imine (C=N–C) groups is 1.